The summed E-state index contributed by atoms with van der Waals surface area (Å²) in [5.74, 6) is 0. The Labute approximate surface area is 128 Å². The average molecular weight is 293 g/mol. The fourth-order valence-electron chi connectivity index (χ4n) is 3.20. The number of nitrogen functional groups attached to an aromatic ring is 1. The predicted octanol–water partition coefficient (Wildman–Crippen LogP) is 3.51. The van der Waals surface area contributed by atoms with Gasteiger partial charge in [-0.05, 0) is 42.9 Å². The van der Waals surface area contributed by atoms with E-state index < -0.39 is 4.92 Å². The molecule has 1 aliphatic rings. The Kier molecular flexibility index (Phi) is 3.30. The van der Waals surface area contributed by atoms with E-state index in [-0.39, 0.29) is 16.9 Å². The van der Waals surface area contributed by atoms with E-state index in [1.165, 1.54) is 0 Å². The molecule has 0 aliphatic heterocycles. The van der Waals surface area contributed by atoms with Crippen LogP contribution in [0.15, 0.2) is 24.3 Å². The number of rotatable bonds is 2. The molecule has 0 heterocycles. The van der Waals surface area contributed by atoms with Crippen LogP contribution in [-0.2, 0) is 12.8 Å². The summed E-state index contributed by atoms with van der Waals surface area (Å²) in [6.07, 6.45) is 2.39. The smallest absolute Gasteiger partial charge is 0.301 e. The summed E-state index contributed by atoms with van der Waals surface area (Å²) in [5.41, 5.74) is 10.3. The molecule has 1 aliphatic carbocycles. The molecule has 2 N–H and O–H groups in total. The van der Waals surface area contributed by atoms with Gasteiger partial charge in [-0.15, -0.1) is 0 Å². The lowest BCUT2D eigenvalue weighted by molar-refractivity contribution is -0.383. The molecule has 0 spiro atoms. The molecule has 0 atom stereocenters. The zero-order chi connectivity index (χ0) is 15.9. The number of benzene rings is 2. The van der Waals surface area contributed by atoms with Crippen LogP contribution in [0, 0.1) is 28.4 Å². The summed E-state index contributed by atoms with van der Waals surface area (Å²) in [6.45, 7) is 1.97. The van der Waals surface area contributed by atoms with Gasteiger partial charge in [0.25, 0.3) is 0 Å². The molecule has 0 amide bonds. The molecule has 0 saturated carbocycles. The van der Waals surface area contributed by atoms with Crippen molar-refractivity contribution in [1.82, 2.24) is 0 Å². The van der Waals surface area contributed by atoms with E-state index in [1.807, 2.05) is 37.3 Å². The summed E-state index contributed by atoms with van der Waals surface area (Å²) in [6, 6.07) is 9.65. The molecule has 0 radical (unpaired) electrons. The first-order valence-electron chi connectivity index (χ1n) is 7.13. The fourth-order valence-corrected chi connectivity index (χ4v) is 3.20. The molecule has 0 fully saturated rings. The van der Waals surface area contributed by atoms with Gasteiger partial charge in [0.1, 0.15) is 11.8 Å². The molecule has 0 unspecified atom stereocenters. The van der Waals surface area contributed by atoms with Gasteiger partial charge in [-0.2, -0.15) is 5.26 Å². The SMILES string of the molecule is Cc1ccc(-c2c3c(c(C#N)c(N)c2[N+](=O)[O-])CCC3)cc1. The first-order chi connectivity index (χ1) is 10.5. The van der Waals surface area contributed by atoms with E-state index in [2.05, 4.69) is 0 Å². The van der Waals surface area contributed by atoms with Crippen molar-refractivity contribution in [3.8, 4) is 17.2 Å². The molecular formula is C17H15N3O2. The van der Waals surface area contributed by atoms with Gasteiger partial charge in [-0.3, -0.25) is 10.1 Å². The maximum absolute atomic E-state index is 11.6. The highest BCUT2D eigenvalue weighted by Gasteiger charge is 2.32. The molecule has 5 nitrogen and oxygen atoms in total. The maximum Gasteiger partial charge on any atom is 0.301 e. The van der Waals surface area contributed by atoms with Gasteiger partial charge >= 0.3 is 5.69 Å². The second-order valence-corrected chi connectivity index (χ2v) is 5.56. The quantitative estimate of drug-likeness (QED) is 0.521. The Bertz CT molecular complexity index is 818. The molecule has 22 heavy (non-hydrogen) atoms. The van der Waals surface area contributed by atoms with Crippen LogP contribution < -0.4 is 5.73 Å². The Hall–Kier alpha value is -2.87. The molecule has 2 aromatic rings. The highest BCUT2D eigenvalue weighted by Crippen LogP contribution is 2.45. The third kappa shape index (κ3) is 2.01. The van der Waals surface area contributed by atoms with Crippen molar-refractivity contribution < 1.29 is 4.92 Å². The number of hydrogen-bond donors (Lipinski definition) is 1. The second kappa shape index (κ2) is 5.15. The topological polar surface area (TPSA) is 93.0 Å². The van der Waals surface area contributed by atoms with Crippen molar-refractivity contribution in [1.29, 1.82) is 5.26 Å². The number of nitro benzene ring substituents is 1. The summed E-state index contributed by atoms with van der Waals surface area (Å²) < 4.78 is 0. The number of hydrogen-bond acceptors (Lipinski definition) is 4. The number of nitriles is 1. The van der Waals surface area contributed by atoms with Crippen LogP contribution in [0.25, 0.3) is 11.1 Å². The summed E-state index contributed by atoms with van der Waals surface area (Å²) in [4.78, 5) is 11.1. The largest absolute Gasteiger partial charge is 0.392 e. The van der Waals surface area contributed by atoms with E-state index in [4.69, 9.17) is 5.73 Å². The van der Waals surface area contributed by atoms with Crippen LogP contribution in [0.5, 0.6) is 0 Å². The standard InChI is InChI=1S/C17H15N3O2/c1-10-5-7-11(8-6-10)15-13-4-2-3-12(13)14(9-18)16(19)17(15)20(21)22/h5-8H,2-4,19H2,1H3. The first kappa shape index (κ1) is 14.1. The molecule has 110 valence electrons. The summed E-state index contributed by atoms with van der Waals surface area (Å²) >= 11 is 0. The van der Waals surface area contributed by atoms with Gasteiger partial charge in [-0.1, -0.05) is 29.8 Å². The molecule has 2 aromatic carbocycles. The minimum Gasteiger partial charge on any atom is -0.392 e. The van der Waals surface area contributed by atoms with Gasteiger partial charge < -0.3 is 5.73 Å². The lowest BCUT2D eigenvalue weighted by Crippen LogP contribution is -2.06. The summed E-state index contributed by atoms with van der Waals surface area (Å²) in [5, 5.41) is 20.9. The Morgan fingerprint density at radius 1 is 1.23 bits per heavy atom. The van der Waals surface area contributed by atoms with Gasteiger partial charge in [-0.25, -0.2) is 0 Å². The number of anilines is 1. The first-order valence-corrected chi connectivity index (χ1v) is 7.13. The van der Waals surface area contributed by atoms with E-state index in [1.54, 1.807) is 0 Å². The van der Waals surface area contributed by atoms with E-state index >= 15 is 0 Å². The Balaban J connectivity index is 2.41. The van der Waals surface area contributed by atoms with Crippen molar-refractivity contribution in [2.24, 2.45) is 0 Å². The van der Waals surface area contributed by atoms with E-state index in [0.717, 1.165) is 41.5 Å². The molecule has 0 aromatic heterocycles. The van der Waals surface area contributed by atoms with Crippen molar-refractivity contribution in [2.45, 2.75) is 26.2 Å². The lowest BCUT2D eigenvalue weighted by Gasteiger charge is -2.14. The molecule has 5 heteroatoms. The van der Waals surface area contributed by atoms with Crippen LogP contribution >= 0.6 is 0 Å². The van der Waals surface area contributed by atoms with E-state index in [9.17, 15) is 15.4 Å². The number of nitro groups is 1. The number of fused-ring (bicyclic) bond motifs is 1. The lowest BCUT2D eigenvalue weighted by atomic mass is 9.90. The minimum absolute atomic E-state index is 0.0104. The monoisotopic (exact) mass is 293 g/mol. The highest BCUT2D eigenvalue weighted by atomic mass is 16.6. The molecular weight excluding hydrogens is 278 g/mol. The average Bonchev–Trinajstić information content (AvgIpc) is 2.95. The van der Waals surface area contributed by atoms with Crippen LogP contribution in [-0.4, -0.2) is 4.92 Å². The number of aryl methyl sites for hydroxylation is 1. The van der Waals surface area contributed by atoms with E-state index in [0.29, 0.717) is 5.56 Å². The number of nitrogens with zero attached hydrogens (tertiary/aromatic N) is 2. The zero-order valence-corrected chi connectivity index (χ0v) is 12.2. The van der Waals surface area contributed by atoms with Gasteiger partial charge in [0.05, 0.1) is 16.1 Å². The van der Waals surface area contributed by atoms with Crippen molar-refractivity contribution in [3.05, 3.63) is 56.6 Å². The van der Waals surface area contributed by atoms with Crippen molar-refractivity contribution in [2.75, 3.05) is 5.73 Å². The third-order valence-electron chi connectivity index (χ3n) is 4.22. The molecule has 0 saturated heterocycles. The minimum atomic E-state index is -0.468. The Morgan fingerprint density at radius 2 is 1.86 bits per heavy atom. The fraction of sp³-hybridized carbons (Fsp3) is 0.235. The molecule has 0 bridgehead atoms. The van der Waals surface area contributed by atoms with Crippen LogP contribution in [0.3, 0.4) is 0 Å². The van der Waals surface area contributed by atoms with Gasteiger partial charge in [0, 0.05) is 0 Å². The maximum atomic E-state index is 11.6. The van der Waals surface area contributed by atoms with Gasteiger partial charge in [0.15, 0.2) is 0 Å². The third-order valence-corrected chi connectivity index (χ3v) is 4.22. The zero-order valence-electron chi connectivity index (χ0n) is 12.2. The second-order valence-electron chi connectivity index (χ2n) is 5.56. The normalized spacial score (nSPS) is 12.7. The van der Waals surface area contributed by atoms with Crippen molar-refractivity contribution >= 4 is 11.4 Å². The summed E-state index contributed by atoms with van der Waals surface area (Å²) in [7, 11) is 0. The van der Waals surface area contributed by atoms with Crippen molar-refractivity contribution in [3.63, 3.8) is 0 Å². The van der Waals surface area contributed by atoms with Crippen LogP contribution in [0.1, 0.15) is 28.7 Å². The Morgan fingerprint density at radius 3 is 2.45 bits per heavy atom. The molecule has 3 rings (SSSR count). The van der Waals surface area contributed by atoms with Crippen LogP contribution in [0.2, 0.25) is 0 Å². The number of nitrogens with two attached hydrogens (primary N) is 1. The van der Waals surface area contributed by atoms with Gasteiger partial charge in [0.2, 0.25) is 0 Å². The highest BCUT2D eigenvalue weighted by molar-refractivity contribution is 5.89. The predicted molar refractivity (Wildman–Crippen MR) is 84.4 cm³/mol. The van der Waals surface area contributed by atoms with Crippen LogP contribution in [0.4, 0.5) is 11.4 Å².